The summed E-state index contributed by atoms with van der Waals surface area (Å²) in [5, 5.41) is 0.877. The second-order valence-corrected chi connectivity index (χ2v) is 5.09. The Morgan fingerprint density at radius 3 is 1.68 bits per heavy atom. The summed E-state index contributed by atoms with van der Waals surface area (Å²) in [4.78, 5) is 0. The number of halogens is 2. The lowest BCUT2D eigenvalue weighted by atomic mass is 10.0. The van der Waals surface area contributed by atoms with E-state index in [1.54, 1.807) is 6.07 Å². The van der Waals surface area contributed by atoms with Gasteiger partial charge in [0.05, 0.1) is 39.0 Å². The summed E-state index contributed by atoms with van der Waals surface area (Å²) in [6.45, 7) is 0. The van der Waals surface area contributed by atoms with Crippen molar-refractivity contribution >= 4 is 23.2 Å². The van der Waals surface area contributed by atoms with Crippen molar-refractivity contribution in [3.05, 3.63) is 34.3 Å². The number of rotatable bonds is 5. The second kappa shape index (κ2) is 6.99. The Balaban J connectivity index is 2.92. The average Bonchev–Trinajstić information content (AvgIpc) is 2.54. The molecule has 0 atom stereocenters. The Labute approximate surface area is 139 Å². The molecule has 0 spiro atoms. The highest BCUT2D eigenvalue weighted by Gasteiger charge is 2.28. The maximum absolute atomic E-state index is 6.51. The Hall–Kier alpha value is -1.78. The van der Waals surface area contributed by atoms with Crippen LogP contribution in [0.15, 0.2) is 24.3 Å². The van der Waals surface area contributed by atoms with Crippen molar-refractivity contribution in [1.82, 2.24) is 0 Å². The zero-order chi connectivity index (χ0) is 16.3. The third-order valence-electron chi connectivity index (χ3n) is 3.22. The largest absolute Gasteiger partial charge is 0.492 e. The Morgan fingerprint density at radius 1 is 0.682 bits per heavy atom. The van der Waals surface area contributed by atoms with Crippen LogP contribution in [0.4, 0.5) is 0 Å². The minimum atomic E-state index is 0.338. The van der Waals surface area contributed by atoms with Crippen LogP contribution in [-0.2, 0) is 0 Å². The maximum Gasteiger partial charge on any atom is 0.208 e. The third-order valence-corrected chi connectivity index (χ3v) is 3.91. The second-order valence-electron chi connectivity index (χ2n) is 4.30. The van der Waals surface area contributed by atoms with E-state index in [0.29, 0.717) is 44.2 Å². The summed E-state index contributed by atoms with van der Waals surface area (Å²) >= 11 is 12.8. The first-order valence-corrected chi connectivity index (χ1v) is 7.16. The Morgan fingerprint density at radius 2 is 1.18 bits per heavy atom. The lowest BCUT2D eigenvalue weighted by Gasteiger charge is -2.21. The van der Waals surface area contributed by atoms with Gasteiger partial charge in [0.15, 0.2) is 11.5 Å². The van der Waals surface area contributed by atoms with Gasteiger partial charge in [-0.1, -0.05) is 41.4 Å². The van der Waals surface area contributed by atoms with Crippen LogP contribution >= 0.6 is 23.2 Å². The van der Waals surface area contributed by atoms with Gasteiger partial charge in [-0.15, -0.1) is 0 Å². The van der Waals surface area contributed by atoms with Gasteiger partial charge in [0, 0.05) is 10.6 Å². The molecule has 0 bridgehead atoms. The molecule has 0 N–H and O–H groups in total. The smallest absolute Gasteiger partial charge is 0.208 e. The van der Waals surface area contributed by atoms with E-state index in [-0.39, 0.29) is 0 Å². The van der Waals surface area contributed by atoms with Crippen LogP contribution in [0, 0.1) is 0 Å². The molecule has 2 rings (SSSR count). The molecule has 0 unspecified atom stereocenters. The Kier molecular flexibility index (Phi) is 5.27. The number of benzene rings is 2. The molecule has 4 nitrogen and oxygen atoms in total. The molecule has 2 aromatic carbocycles. The van der Waals surface area contributed by atoms with Crippen molar-refractivity contribution in [3.8, 4) is 34.1 Å². The number of hydrogen-bond acceptors (Lipinski definition) is 4. The molecule has 0 aromatic heterocycles. The van der Waals surface area contributed by atoms with Crippen LogP contribution in [0.5, 0.6) is 23.0 Å². The van der Waals surface area contributed by atoms with Gasteiger partial charge in [-0.3, -0.25) is 0 Å². The molecule has 0 saturated carbocycles. The van der Waals surface area contributed by atoms with Gasteiger partial charge in [-0.25, -0.2) is 0 Å². The fourth-order valence-electron chi connectivity index (χ4n) is 2.29. The molecular weight excluding hydrogens is 327 g/mol. The molecule has 0 aliphatic rings. The monoisotopic (exact) mass is 342 g/mol. The standard InChI is InChI=1S/C16H16Cl2O4/c1-19-13-11(9-7-5-6-8-10(9)17)12(18)14(20-2)16(22-4)15(13)21-3/h5-8H,1-4H3. The van der Waals surface area contributed by atoms with E-state index in [9.17, 15) is 0 Å². The van der Waals surface area contributed by atoms with Crippen LogP contribution in [0.2, 0.25) is 10.0 Å². The zero-order valence-electron chi connectivity index (χ0n) is 12.7. The summed E-state index contributed by atoms with van der Waals surface area (Å²) < 4.78 is 21.7. The van der Waals surface area contributed by atoms with Crippen LogP contribution in [0.3, 0.4) is 0 Å². The number of hydrogen-bond donors (Lipinski definition) is 0. The van der Waals surface area contributed by atoms with Crippen molar-refractivity contribution in [2.24, 2.45) is 0 Å². The highest BCUT2D eigenvalue weighted by atomic mass is 35.5. The fourth-order valence-corrected chi connectivity index (χ4v) is 2.87. The molecule has 0 saturated heterocycles. The van der Waals surface area contributed by atoms with Crippen molar-refractivity contribution in [2.45, 2.75) is 0 Å². The third kappa shape index (κ3) is 2.64. The molecule has 0 aliphatic heterocycles. The van der Waals surface area contributed by atoms with E-state index in [0.717, 1.165) is 0 Å². The summed E-state index contributed by atoms with van der Waals surface area (Å²) in [5.74, 6) is 1.54. The van der Waals surface area contributed by atoms with E-state index in [4.69, 9.17) is 42.1 Å². The minimum Gasteiger partial charge on any atom is -0.492 e. The maximum atomic E-state index is 6.51. The molecular formula is C16H16Cl2O4. The fraction of sp³-hybridized carbons (Fsp3) is 0.250. The van der Waals surface area contributed by atoms with E-state index < -0.39 is 0 Å². The number of methoxy groups -OCH3 is 4. The first kappa shape index (κ1) is 16.6. The highest BCUT2D eigenvalue weighted by Crippen LogP contribution is 2.55. The van der Waals surface area contributed by atoms with Gasteiger partial charge in [-0.2, -0.15) is 0 Å². The Bertz CT molecular complexity index is 686. The van der Waals surface area contributed by atoms with Crippen LogP contribution in [0.1, 0.15) is 0 Å². The van der Waals surface area contributed by atoms with Crippen LogP contribution in [0.25, 0.3) is 11.1 Å². The van der Waals surface area contributed by atoms with Gasteiger partial charge in [-0.05, 0) is 6.07 Å². The van der Waals surface area contributed by atoms with Gasteiger partial charge < -0.3 is 18.9 Å². The van der Waals surface area contributed by atoms with Gasteiger partial charge in [0.1, 0.15) is 0 Å². The summed E-state index contributed by atoms with van der Waals surface area (Å²) in [5.41, 5.74) is 1.30. The topological polar surface area (TPSA) is 36.9 Å². The predicted octanol–water partition coefficient (Wildman–Crippen LogP) is 4.69. The van der Waals surface area contributed by atoms with E-state index in [1.165, 1.54) is 28.4 Å². The SMILES string of the molecule is COc1c(Cl)c(-c2ccccc2Cl)c(OC)c(OC)c1OC. The van der Waals surface area contributed by atoms with E-state index in [2.05, 4.69) is 0 Å². The average molecular weight is 343 g/mol. The molecule has 0 aliphatic carbocycles. The van der Waals surface area contributed by atoms with Crippen LogP contribution < -0.4 is 18.9 Å². The lowest BCUT2D eigenvalue weighted by Crippen LogP contribution is -2.01. The zero-order valence-corrected chi connectivity index (χ0v) is 14.2. The van der Waals surface area contributed by atoms with Crippen molar-refractivity contribution in [2.75, 3.05) is 28.4 Å². The minimum absolute atomic E-state index is 0.338. The molecule has 22 heavy (non-hydrogen) atoms. The molecule has 0 fully saturated rings. The normalized spacial score (nSPS) is 10.3. The summed E-state index contributed by atoms with van der Waals surface area (Å²) in [6, 6.07) is 7.32. The summed E-state index contributed by atoms with van der Waals surface area (Å²) in [7, 11) is 6.06. The van der Waals surface area contributed by atoms with Gasteiger partial charge in [0.25, 0.3) is 0 Å². The molecule has 2 aromatic rings. The van der Waals surface area contributed by atoms with Crippen molar-refractivity contribution < 1.29 is 18.9 Å². The molecule has 118 valence electrons. The first-order valence-electron chi connectivity index (χ1n) is 6.40. The number of ether oxygens (including phenoxy) is 4. The van der Waals surface area contributed by atoms with Gasteiger partial charge in [0.2, 0.25) is 11.5 Å². The molecule has 0 heterocycles. The predicted molar refractivity (Wildman–Crippen MR) is 88.1 cm³/mol. The first-order chi connectivity index (χ1) is 10.6. The van der Waals surface area contributed by atoms with Crippen LogP contribution in [-0.4, -0.2) is 28.4 Å². The van der Waals surface area contributed by atoms with Crippen molar-refractivity contribution in [3.63, 3.8) is 0 Å². The van der Waals surface area contributed by atoms with E-state index >= 15 is 0 Å². The van der Waals surface area contributed by atoms with E-state index in [1.807, 2.05) is 18.2 Å². The molecule has 6 heteroatoms. The van der Waals surface area contributed by atoms with Crippen molar-refractivity contribution in [1.29, 1.82) is 0 Å². The summed E-state index contributed by atoms with van der Waals surface area (Å²) in [6.07, 6.45) is 0. The highest BCUT2D eigenvalue weighted by molar-refractivity contribution is 6.38. The molecule has 0 amide bonds. The quantitative estimate of drug-likeness (QED) is 0.789. The molecule has 0 radical (unpaired) electrons. The lowest BCUT2D eigenvalue weighted by molar-refractivity contribution is 0.306. The van der Waals surface area contributed by atoms with Gasteiger partial charge >= 0.3 is 0 Å².